The molecule has 0 fully saturated rings. The highest BCUT2D eigenvalue weighted by molar-refractivity contribution is 5.76. The minimum atomic E-state index is -0.209. The average Bonchev–Trinajstić information content (AvgIpc) is 2.97. The number of aromatic nitrogens is 3. The second-order valence-electron chi connectivity index (χ2n) is 4.86. The number of nitrogens with one attached hydrogen (secondary N) is 1. The summed E-state index contributed by atoms with van der Waals surface area (Å²) in [4.78, 5) is 19.4. The Morgan fingerprint density at radius 2 is 2.05 bits per heavy atom. The van der Waals surface area contributed by atoms with Crippen LogP contribution in [0.2, 0.25) is 0 Å². The molecule has 0 atom stereocenters. The van der Waals surface area contributed by atoms with Crippen LogP contribution in [0, 0.1) is 0 Å². The van der Waals surface area contributed by atoms with Crippen LogP contribution in [0.1, 0.15) is 24.3 Å². The Morgan fingerprint density at radius 1 is 1.21 bits per heavy atom. The Hall–Kier alpha value is -2.30. The average molecular weight is 255 g/mol. The van der Waals surface area contributed by atoms with E-state index in [-0.39, 0.29) is 5.69 Å². The molecule has 0 radical (unpaired) electrons. The molecule has 3 aromatic rings. The standard InChI is InChI=1S/C14H13N3O2/c18-13-15-9-5-1-3-7-11(9)17(13)14-16-10-6-2-4-8-12(10)19-14/h1,3,5,7H,2,4,6,8H2,(H,15,18). The predicted molar refractivity (Wildman–Crippen MR) is 70.6 cm³/mol. The van der Waals surface area contributed by atoms with Crippen molar-refractivity contribution >= 4 is 11.0 Å². The summed E-state index contributed by atoms with van der Waals surface area (Å²) in [6.07, 6.45) is 4.13. The van der Waals surface area contributed by atoms with Crippen molar-refractivity contribution < 1.29 is 4.42 Å². The first-order valence-electron chi connectivity index (χ1n) is 6.51. The van der Waals surface area contributed by atoms with E-state index in [9.17, 15) is 4.79 Å². The highest BCUT2D eigenvalue weighted by atomic mass is 16.4. The summed E-state index contributed by atoms with van der Waals surface area (Å²) < 4.78 is 7.28. The van der Waals surface area contributed by atoms with E-state index in [4.69, 9.17) is 4.42 Å². The van der Waals surface area contributed by atoms with Crippen LogP contribution in [0.15, 0.2) is 33.5 Å². The third-order valence-electron chi connectivity index (χ3n) is 3.62. The lowest BCUT2D eigenvalue weighted by molar-refractivity contribution is 0.461. The molecule has 1 aliphatic carbocycles. The molecule has 1 N–H and O–H groups in total. The Bertz CT molecular complexity index is 786. The van der Waals surface area contributed by atoms with Crippen LogP contribution < -0.4 is 5.69 Å². The van der Waals surface area contributed by atoms with Gasteiger partial charge < -0.3 is 9.40 Å². The normalized spacial score (nSPS) is 14.7. The summed E-state index contributed by atoms with van der Waals surface area (Å²) in [6.45, 7) is 0. The zero-order chi connectivity index (χ0) is 12.8. The smallest absolute Gasteiger partial charge is 0.334 e. The van der Waals surface area contributed by atoms with Gasteiger partial charge in [0.25, 0.3) is 0 Å². The quantitative estimate of drug-likeness (QED) is 0.725. The van der Waals surface area contributed by atoms with Crippen molar-refractivity contribution in [2.75, 3.05) is 0 Å². The van der Waals surface area contributed by atoms with Crippen molar-refractivity contribution in [2.24, 2.45) is 0 Å². The number of nitrogens with zero attached hydrogens (tertiary/aromatic N) is 2. The molecule has 0 spiro atoms. The first-order valence-corrected chi connectivity index (χ1v) is 6.51. The predicted octanol–water partition coefficient (Wildman–Crippen LogP) is 2.19. The zero-order valence-electron chi connectivity index (χ0n) is 10.3. The number of aryl methyl sites for hydroxylation is 2. The number of benzene rings is 1. The van der Waals surface area contributed by atoms with E-state index in [0.717, 1.165) is 48.2 Å². The van der Waals surface area contributed by atoms with Crippen LogP contribution in [-0.2, 0) is 12.8 Å². The van der Waals surface area contributed by atoms with E-state index < -0.39 is 0 Å². The van der Waals surface area contributed by atoms with Gasteiger partial charge in [0.1, 0.15) is 5.76 Å². The number of fused-ring (bicyclic) bond motifs is 2. The van der Waals surface area contributed by atoms with Gasteiger partial charge in [-0.15, -0.1) is 0 Å². The van der Waals surface area contributed by atoms with Gasteiger partial charge in [-0.25, -0.2) is 9.36 Å². The summed E-state index contributed by atoms with van der Waals surface area (Å²) in [6, 6.07) is 7.93. The Kier molecular flexibility index (Phi) is 2.15. The molecule has 0 amide bonds. The van der Waals surface area contributed by atoms with Crippen molar-refractivity contribution in [1.29, 1.82) is 0 Å². The van der Waals surface area contributed by atoms with Crippen LogP contribution in [0.25, 0.3) is 17.0 Å². The maximum Gasteiger partial charge on any atom is 0.334 e. The number of H-pyrrole nitrogens is 1. The molecule has 0 unspecified atom stereocenters. The molecule has 2 aromatic heterocycles. The second kappa shape index (κ2) is 3.85. The Morgan fingerprint density at radius 3 is 2.95 bits per heavy atom. The summed E-state index contributed by atoms with van der Waals surface area (Å²) in [5, 5.41) is 0. The van der Waals surface area contributed by atoms with E-state index in [1.165, 1.54) is 4.57 Å². The number of para-hydroxylation sites is 2. The molecule has 0 saturated carbocycles. The summed E-state index contributed by atoms with van der Waals surface area (Å²) in [5.74, 6) is 0.929. The highest BCUT2D eigenvalue weighted by Crippen LogP contribution is 2.24. The van der Waals surface area contributed by atoms with E-state index in [2.05, 4.69) is 9.97 Å². The lowest BCUT2D eigenvalue weighted by atomic mass is 10.0. The van der Waals surface area contributed by atoms with Crippen LogP contribution in [0.5, 0.6) is 0 Å². The molecule has 2 heterocycles. The topological polar surface area (TPSA) is 63.8 Å². The Balaban J connectivity index is 1.97. The first kappa shape index (κ1) is 10.6. The van der Waals surface area contributed by atoms with Gasteiger partial charge in [-0.1, -0.05) is 12.1 Å². The minimum Gasteiger partial charge on any atom is -0.428 e. The number of hydrogen-bond acceptors (Lipinski definition) is 3. The lowest BCUT2D eigenvalue weighted by Crippen LogP contribution is -2.14. The molecule has 1 aromatic carbocycles. The molecular formula is C14H13N3O2. The first-order chi connectivity index (χ1) is 9.33. The number of imidazole rings is 1. The third-order valence-corrected chi connectivity index (χ3v) is 3.62. The Labute approximate surface area is 108 Å². The number of hydrogen-bond donors (Lipinski definition) is 1. The van der Waals surface area contributed by atoms with Gasteiger partial charge in [-0.05, 0) is 31.4 Å². The molecule has 19 heavy (non-hydrogen) atoms. The van der Waals surface area contributed by atoms with Gasteiger partial charge in [0.05, 0.1) is 16.7 Å². The molecule has 5 nitrogen and oxygen atoms in total. The van der Waals surface area contributed by atoms with Crippen LogP contribution in [-0.4, -0.2) is 14.5 Å². The molecule has 4 rings (SSSR count). The van der Waals surface area contributed by atoms with E-state index in [1.54, 1.807) is 0 Å². The number of rotatable bonds is 1. The van der Waals surface area contributed by atoms with Gasteiger partial charge in [0.15, 0.2) is 0 Å². The van der Waals surface area contributed by atoms with E-state index in [0.29, 0.717) is 6.01 Å². The molecule has 0 aliphatic heterocycles. The number of aromatic amines is 1. The van der Waals surface area contributed by atoms with E-state index >= 15 is 0 Å². The van der Waals surface area contributed by atoms with E-state index in [1.807, 2.05) is 24.3 Å². The van der Waals surface area contributed by atoms with Gasteiger partial charge >= 0.3 is 11.7 Å². The highest BCUT2D eigenvalue weighted by Gasteiger charge is 2.20. The molecular weight excluding hydrogens is 242 g/mol. The van der Waals surface area contributed by atoms with Crippen molar-refractivity contribution in [1.82, 2.24) is 14.5 Å². The fraction of sp³-hybridized carbons (Fsp3) is 0.286. The molecule has 5 heteroatoms. The van der Waals surface area contributed by atoms with Gasteiger partial charge in [-0.3, -0.25) is 0 Å². The van der Waals surface area contributed by atoms with Crippen molar-refractivity contribution in [3.63, 3.8) is 0 Å². The van der Waals surface area contributed by atoms with Crippen molar-refractivity contribution in [2.45, 2.75) is 25.7 Å². The van der Waals surface area contributed by atoms with Gasteiger partial charge in [0.2, 0.25) is 0 Å². The summed E-state index contributed by atoms with van der Waals surface area (Å²) in [7, 11) is 0. The molecule has 96 valence electrons. The second-order valence-corrected chi connectivity index (χ2v) is 4.86. The SMILES string of the molecule is O=c1[nH]c2ccccc2n1-c1nc2c(o1)CCCC2. The third kappa shape index (κ3) is 1.54. The largest absolute Gasteiger partial charge is 0.428 e. The minimum absolute atomic E-state index is 0.209. The summed E-state index contributed by atoms with van der Waals surface area (Å²) in [5.41, 5.74) is 2.38. The van der Waals surface area contributed by atoms with Crippen LogP contribution >= 0.6 is 0 Å². The van der Waals surface area contributed by atoms with Crippen molar-refractivity contribution in [3.8, 4) is 6.01 Å². The van der Waals surface area contributed by atoms with Gasteiger partial charge in [-0.2, -0.15) is 4.98 Å². The molecule has 1 aliphatic rings. The number of oxazole rings is 1. The molecule has 0 bridgehead atoms. The zero-order valence-corrected chi connectivity index (χ0v) is 10.3. The lowest BCUT2D eigenvalue weighted by Gasteiger charge is -2.05. The maximum absolute atomic E-state index is 12.1. The maximum atomic E-state index is 12.1. The fourth-order valence-electron chi connectivity index (χ4n) is 2.68. The van der Waals surface area contributed by atoms with Crippen LogP contribution in [0.4, 0.5) is 0 Å². The molecule has 0 saturated heterocycles. The van der Waals surface area contributed by atoms with Gasteiger partial charge in [0, 0.05) is 6.42 Å². The monoisotopic (exact) mass is 255 g/mol. The van der Waals surface area contributed by atoms with Crippen molar-refractivity contribution in [3.05, 3.63) is 46.2 Å². The van der Waals surface area contributed by atoms with Crippen LogP contribution in [0.3, 0.4) is 0 Å². The summed E-state index contributed by atoms with van der Waals surface area (Å²) >= 11 is 0. The fourth-order valence-corrected chi connectivity index (χ4v) is 2.68.